The largest absolute Gasteiger partial charge is 0.311 e. The number of halogens is 2. The van der Waals surface area contributed by atoms with Crippen molar-refractivity contribution >= 4 is 57.1 Å². The molecule has 1 aliphatic heterocycles. The molecule has 0 saturated carbocycles. The SMILES string of the molecule is CS(=O)(=O)c1ccc(N2CC(CS(=O)(=O)Cl)CC2=O)c(Br)c1. The van der Waals surface area contributed by atoms with Crippen molar-refractivity contribution in [3.05, 3.63) is 22.7 Å². The summed E-state index contributed by atoms with van der Waals surface area (Å²) in [4.78, 5) is 13.6. The lowest BCUT2D eigenvalue weighted by Gasteiger charge is -2.18. The second-order valence-electron chi connectivity index (χ2n) is 5.17. The highest BCUT2D eigenvalue weighted by Gasteiger charge is 2.34. The smallest absolute Gasteiger partial charge is 0.232 e. The Morgan fingerprint density at radius 2 is 1.95 bits per heavy atom. The molecular formula is C12H13BrClNO5S2. The van der Waals surface area contributed by atoms with Crippen LogP contribution in [0.15, 0.2) is 27.6 Å². The summed E-state index contributed by atoms with van der Waals surface area (Å²) in [6, 6.07) is 4.35. The maximum atomic E-state index is 12.1. The number of carbonyl (C=O) groups excluding carboxylic acids is 1. The fourth-order valence-electron chi connectivity index (χ4n) is 2.34. The van der Waals surface area contributed by atoms with Crippen LogP contribution in [0.4, 0.5) is 5.69 Å². The van der Waals surface area contributed by atoms with Crippen LogP contribution in [0.3, 0.4) is 0 Å². The molecule has 0 N–H and O–H groups in total. The molecule has 1 aromatic carbocycles. The normalized spacial score (nSPS) is 19.7. The van der Waals surface area contributed by atoms with E-state index in [2.05, 4.69) is 15.9 Å². The third kappa shape index (κ3) is 4.21. The summed E-state index contributed by atoms with van der Waals surface area (Å²) in [5, 5.41) is 0. The van der Waals surface area contributed by atoms with Gasteiger partial charge in [0.1, 0.15) is 0 Å². The molecule has 122 valence electrons. The maximum absolute atomic E-state index is 12.1. The molecule has 0 aromatic heterocycles. The van der Waals surface area contributed by atoms with Crippen LogP contribution in [-0.4, -0.2) is 41.3 Å². The minimum atomic E-state index is -3.67. The highest BCUT2D eigenvalue weighted by Crippen LogP contribution is 2.33. The van der Waals surface area contributed by atoms with Gasteiger partial charge in [0.2, 0.25) is 15.0 Å². The van der Waals surface area contributed by atoms with E-state index in [0.29, 0.717) is 10.2 Å². The van der Waals surface area contributed by atoms with E-state index in [0.717, 1.165) is 6.26 Å². The monoisotopic (exact) mass is 429 g/mol. The van der Waals surface area contributed by atoms with Gasteiger partial charge in [0.05, 0.1) is 16.3 Å². The minimum Gasteiger partial charge on any atom is -0.311 e. The van der Waals surface area contributed by atoms with Crippen LogP contribution in [0.2, 0.25) is 0 Å². The molecule has 2 rings (SSSR count). The Hall–Kier alpha value is -0.640. The number of nitrogens with zero attached hydrogens (tertiary/aromatic N) is 1. The van der Waals surface area contributed by atoms with E-state index >= 15 is 0 Å². The second kappa shape index (κ2) is 6.10. The molecule has 1 amide bonds. The zero-order valence-corrected chi connectivity index (χ0v) is 15.5. The standard InChI is InChI=1S/C12H13BrClNO5S2/c1-21(17,18)9-2-3-11(10(13)5-9)15-6-8(4-12(15)16)7-22(14,19)20/h2-3,5,8H,4,6-7H2,1H3. The second-order valence-corrected chi connectivity index (χ2v) is 10.9. The average molecular weight is 431 g/mol. The van der Waals surface area contributed by atoms with Gasteiger partial charge in [0.15, 0.2) is 9.84 Å². The fourth-order valence-corrected chi connectivity index (χ4v) is 5.06. The van der Waals surface area contributed by atoms with Crippen LogP contribution in [0.25, 0.3) is 0 Å². The van der Waals surface area contributed by atoms with Crippen molar-refractivity contribution in [1.29, 1.82) is 0 Å². The molecule has 1 saturated heterocycles. The molecule has 0 radical (unpaired) electrons. The molecule has 1 fully saturated rings. The predicted molar refractivity (Wildman–Crippen MR) is 87.4 cm³/mol. The summed E-state index contributed by atoms with van der Waals surface area (Å²) in [6.45, 7) is 0.224. The number of anilines is 1. The summed E-state index contributed by atoms with van der Waals surface area (Å²) in [6.07, 6.45) is 1.18. The molecule has 0 aliphatic carbocycles. The van der Waals surface area contributed by atoms with Gasteiger partial charge >= 0.3 is 0 Å². The van der Waals surface area contributed by atoms with Crippen molar-refractivity contribution in [3.8, 4) is 0 Å². The van der Waals surface area contributed by atoms with E-state index in [1.54, 1.807) is 0 Å². The Labute approximate surface area is 141 Å². The molecule has 1 unspecified atom stereocenters. The van der Waals surface area contributed by atoms with Crippen LogP contribution in [0.1, 0.15) is 6.42 Å². The van der Waals surface area contributed by atoms with Crippen molar-refractivity contribution in [1.82, 2.24) is 0 Å². The highest BCUT2D eigenvalue weighted by molar-refractivity contribution is 9.10. The molecule has 1 atom stereocenters. The van der Waals surface area contributed by atoms with Crippen molar-refractivity contribution in [2.45, 2.75) is 11.3 Å². The molecule has 10 heteroatoms. The molecule has 22 heavy (non-hydrogen) atoms. The van der Waals surface area contributed by atoms with E-state index in [9.17, 15) is 21.6 Å². The first-order chi connectivity index (χ1) is 9.97. The van der Waals surface area contributed by atoms with Crippen molar-refractivity contribution in [2.75, 3.05) is 23.5 Å². The summed E-state index contributed by atoms with van der Waals surface area (Å²) in [5.41, 5.74) is 0.506. The van der Waals surface area contributed by atoms with Gasteiger partial charge in [-0.25, -0.2) is 16.8 Å². The van der Waals surface area contributed by atoms with E-state index in [4.69, 9.17) is 10.7 Å². The molecular weight excluding hydrogens is 418 g/mol. The van der Waals surface area contributed by atoms with Gasteiger partial charge in [0, 0.05) is 40.3 Å². The first-order valence-electron chi connectivity index (χ1n) is 6.19. The lowest BCUT2D eigenvalue weighted by molar-refractivity contribution is -0.117. The van der Waals surface area contributed by atoms with E-state index in [-0.39, 0.29) is 35.4 Å². The maximum Gasteiger partial charge on any atom is 0.232 e. The lowest BCUT2D eigenvalue weighted by atomic mass is 10.1. The predicted octanol–water partition coefficient (Wildman–Crippen LogP) is 1.77. The van der Waals surface area contributed by atoms with Crippen molar-refractivity contribution < 1.29 is 21.6 Å². The Bertz CT molecular complexity index is 822. The van der Waals surface area contributed by atoms with Crippen LogP contribution in [0.5, 0.6) is 0 Å². The topological polar surface area (TPSA) is 88.6 Å². The van der Waals surface area contributed by atoms with Gasteiger partial charge < -0.3 is 4.90 Å². The minimum absolute atomic E-state index is 0.0895. The van der Waals surface area contributed by atoms with E-state index in [1.807, 2.05) is 0 Å². The molecule has 1 heterocycles. The van der Waals surface area contributed by atoms with E-state index < -0.39 is 18.9 Å². The lowest BCUT2D eigenvalue weighted by Crippen LogP contribution is -2.25. The highest BCUT2D eigenvalue weighted by atomic mass is 79.9. The van der Waals surface area contributed by atoms with Gasteiger partial charge in [-0.2, -0.15) is 0 Å². The van der Waals surface area contributed by atoms with Crippen LogP contribution >= 0.6 is 26.6 Å². The first kappa shape index (κ1) is 17.7. The zero-order chi connectivity index (χ0) is 16.7. The molecule has 0 bridgehead atoms. The molecule has 1 aliphatic rings. The summed E-state index contributed by atoms with van der Waals surface area (Å²) in [5.74, 6) is -0.870. The number of amides is 1. The van der Waals surface area contributed by atoms with Crippen molar-refractivity contribution in [3.63, 3.8) is 0 Å². The van der Waals surface area contributed by atoms with Gasteiger partial charge in [-0.3, -0.25) is 4.79 Å². The van der Waals surface area contributed by atoms with Crippen molar-refractivity contribution in [2.24, 2.45) is 5.92 Å². The van der Waals surface area contributed by atoms with E-state index in [1.165, 1.54) is 23.1 Å². The molecule has 6 nitrogen and oxygen atoms in total. The Morgan fingerprint density at radius 1 is 1.32 bits per heavy atom. The fraction of sp³-hybridized carbons (Fsp3) is 0.417. The Balaban J connectivity index is 2.28. The quantitative estimate of drug-likeness (QED) is 0.679. The zero-order valence-electron chi connectivity index (χ0n) is 11.5. The molecule has 0 spiro atoms. The Morgan fingerprint density at radius 3 is 2.45 bits per heavy atom. The average Bonchev–Trinajstić information content (AvgIpc) is 2.66. The van der Waals surface area contributed by atoms with Gasteiger partial charge in [-0.15, -0.1) is 0 Å². The van der Waals surface area contributed by atoms with Gasteiger partial charge in [-0.1, -0.05) is 0 Å². The Kier molecular flexibility index (Phi) is 4.91. The summed E-state index contributed by atoms with van der Waals surface area (Å²) < 4.78 is 45.7. The number of sulfone groups is 1. The third-order valence-electron chi connectivity index (χ3n) is 3.28. The summed E-state index contributed by atoms with van der Waals surface area (Å²) >= 11 is 3.26. The number of hydrogen-bond acceptors (Lipinski definition) is 5. The first-order valence-corrected chi connectivity index (χ1v) is 11.4. The summed E-state index contributed by atoms with van der Waals surface area (Å²) in [7, 11) is -1.79. The van der Waals surface area contributed by atoms with Crippen LogP contribution < -0.4 is 4.90 Å². The number of hydrogen-bond donors (Lipinski definition) is 0. The van der Waals surface area contributed by atoms with Gasteiger partial charge in [-0.05, 0) is 34.1 Å². The number of carbonyl (C=O) groups is 1. The molecule has 1 aromatic rings. The number of benzene rings is 1. The van der Waals surface area contributed by atoms with Crippen LogP contribution in [-0.2, 0) is 23.7 Å². The van der Waals surface area contributed by atoms with Gasteiger partial charge in [0.25, 0.3) is 0 Å². The third-order valence-corrected chi connectivity index (χ3v) is 6.27. The number of rotatable bonds is 4. The van der Waals surface area contributed by atoms with Crippen LogP contribution in [0, 0.1) is 5.92 Å².